The van der Waals surface area contributed by atoms with Crippen molar-refractivity contribution in [1.82, 2.24) is 9.62 Å². The molecule has 160 valence electrons. The lowest BCUT2D eigenvalue weighted by molar-refractivity contribution is -0.122. The number of sulfonamides is 1. The fraction of sp³-hybridized carbons (Fsp3) is 0.650. The summed E-state index contributed by atoms with van der Waals surface area (Å²) in [6.07, 6.45) is 3.55. The van der Waals surface area contributed by atoms with E-state index in [2.05, 4.69) is 5.32 Å². The minimum absolute atomic E-state index is 0.0625. The highest BCUT2D eigenvalue weighted by Crippen LogP contribution is 2.42. The number of hydrogen-bond acceptors (Lipinski definition) is 6. The third kappa shape index (κ3) is 4.22. The number of benzene rings is 1. The summed E-state index contributed by atoms with van der Waals surface area (Å²) in [5.41, 5.74) is -0.486. The molecule has 1 amide bonds. The van der Waals surface area contributed by atoms with Gasteiger partial charge in [0.2, 0.25) is 15.9 Å². The largest absolute Gasteiger partial charge is 0.497 e. The van der Waals surface area contributed by atoms with Gasteiger partial charge in [0.25, 0.3) is 0 Å². The first kappa shape index (κ1) is 20.4. The molecule has 1 N–H and O–H groups in total. The normalized spacial score (nSPS) is 23.6. The van der Waals surface area contributed by atoms with Crippen LogP contribution in [-0.2, 0) is 19.6 Å². The minimum atomic E-state index is -3.72. The van der Waals surface area contributed by atoms with Crippen molar-refractivity contribution >= 4 is 15.9 Å². The molecule has 3 fully saturated rings. The summed E-state index contributed by atoms with van der Waals surface area (Å²) < 4.78 is 43.9. The van der Waals surface area contributed by atoms with Crippen molar-refractivity contribution in [2.45, 2.75) is 36.2 Å². The molecule has 0 aromatic heterocycles. The van der Waals surface area contributed by atoms with Crippen LogP contribution in [0.15, 0.2) is 23.1 Å². The van der Waals surface area contributed by atoms with Crippen molar-refractivity contribution in [3.63, 3.8) is 0 Å². The van der Waals surface area contributed by atoms with Crippen molar-refractivity contribution in [2.24, 2.45) is 11.8 Å². The number of carbonyl (C=O) groups is 1. The van der Waals surface area contributed by atoms with Crippen LogP contribution in [0.1, 0.15) is 25.7 Å². The van der Waals surface area contributed by atoms with Crippen LogP contribution in [0.25, 0.3) is 0 Å². The monoisotopic (exact) mass is 424 g/mol. The molecule has 2 heterocycles. The summed E-state index contributed by atoms with van der Waals surface area (Å²) in [6.45, 7) is 1.84. The summed E-state index contributed by atoms with van der Waals surface area (Å²) in [4.78, 5) is 12.2. The minimum Gasteiger partial charge on any atom is -0.497 e. The predicted molar refractivity (Wildman–Crippen MR) is 105 cm³/mol. The Labute approximate surface area is 171 Å². The molecule has 2 aliphatic heterocycles. The summed E-state index contributed by atoms with van der Waals surface area (Å²) in [5.74, 6) is 1.58. The molecule has 3 aliphatic rings. The second kappa shape index (κ2) is 7.77. The molecule has 4 rings (SSSR count). The van der Waals surface area contributed by atoms with Crippen LogP contribution >= 0.6 is 0 Å². The Morgan fingerprint density at radius 3 is 2.66 bits per heavy atom. The van der Waals surface area contributed by atoms with Crippen molar-refractivity contribution in [3.05, 3.63) is 18.2 Å². The van der Waals surface area contributed by atoms with E-state index in [4.69, 9.17) is 14.2 Å². The number of amides is 1. The van der Waals surface area contributed by atoms with Crippen molar-refractivity contribution in [1.29, 1.82) is 0 Å². The number of methoxy groups -OCH3 is 2. The van der Waals surface area contributed by atoms with E-state index in [1.165, 1.54) is 37.4 Å². The Morgan fingerprint density at radius 2 is 2.00 bits per heavy atom. The van der Waals surface area contributed by atoms with E-state index >= 15 is 0 Å². The zero-order valence-electron chi connectivity index (χ0n) is 16.8. The van der Waals surface area contributed by atoms with Gasteiger partial charge in [-0.15, -0.1) is 0 Å². The summed E-state index contributed by atoms with van der Waals surface area (Å²) in [6, 6.07) is 4.72. The molecule has 2 saturated heterocycles. The lowest BCUT2D eigenvalue weighted by Gasteiger charge is -2.46. The predicted octanol–water partition coefficient (Wildman–Crippen LogP) is 1.40. The van der Waals surface area contributed by atoms with Gasteiger partial charge in [0.05, 0.1) is 26.4 Å². The first-order valence-corrected chi connectivity index (χ1v) is 11.4. The molecule has 9 heteroatoms. The van der Waals surface area contributed by atoms with Crippen molar-refractivity contribution < 1.29 is 27.4 Å². The molecule has 1 saturated carbocycles. The highest BCUT2D eigenvalue weighted by atomic mass is 32.2. The van der Waals surface area contributed by atoms with Gasteiger partial charge < -0.3 is 19.5 Å². The molecule has 1 atom stereocenters. The van der Waals surface area contributed by atoms with E-state index in [9.17, 15) is 13.2 Å². The SMILES string of the molecule is COc1ccc(OC)c(S(=O)(=O)N2CC3(CC(CC(=O)NCC4CC4)CO3)C2)c1. The van der Waals surface area contributed by atoms with Gasteiger partial charge in [-0.25, -0.2) is 8.42 Å². The van der Waals surface area contributed by atoms with Crippen LogP contribution in [0.3, 0.4) is 0 Å². The molecule has 1 aliphatic carbocycles. The van der Waals surface area contributed by atoms with Gasteiger partial charge in [0.15, 0.2) is 0 Å². The van der Waals surface area contributed by atoms with Gasteiger partial charge >= 0.3 is 0 Å². The Balaban J connectivity index is 1.36. The van der Waals surface area contributed by atoms with Crippen LogP contribution < -0.4 is 14.8 Å². The number of carbonyl (C=O) groups excluding carboxylic acids is 1. The number of nitrogens with zero attached hydrogens (tertiary/aromatic N) is 1. The van der Waals surface area contributed by atoms with E-state index in [0.29, 0.717) is 31.1 Å². The van der Waals surface area contributed by atoms with Crippen molar-refractivity contribution in [2.75, 3.05) is 40.5 Å². The standard InChI is InChI=1S/C20H28N2O6S/c1-26-16-5-6-17(27-2)18(8-16)29(24,25)22-12-20(13-22)9-15(11-28-20)7-19(23)21-10-14-3-4-14/h5-6,8,14-15H,3-4,7,9-13H2,1-2H3,(H,21,23). The van der Waals surface area contributed by atoms with Crippen molar-refractivity contribution in [3.8, 4) is 11.5 Å². The molecule has 0 bridgehead atoms. The second-order valence-electron chi connectivity index (χ2n) is 8.31. The van der Waals surface area contributed by atoms with Crippen LogP contribution in [0.5, 0.6) is 11.5 Å². The Morgan fingerprint density at radius 1 is 1.24 bits per heavy atom. The molecule has 1 aromatic rings. The molecule has 8 nitrogen and oxygen atoms in total. The van der Waals surface area contributed by atoms with Crippen LogP contribution in [0, 0.1) is 11.8 Å². The van der Waals surface area contributed by atoms with Crippen LogP contribution in [0.2, 0.25) is 0 Å². The van der Waals surface area contributed by atoms with E-state index in [-0.39, 0.29) is 35.6 Å². The third-order valence-corrected chi connectivity index (χ3v) is 7.78. The van der Waals surface area contributed by atoms with Crippen LogP contribution in [-0.4, -0.2) is 64.7 Å². The summed E-state index contributed by atoms with van der Waals surface area (Å²) in [5, 5.41) is 2.99. The van der Waals surface area contributed by atoms with E-state index in [1.54, 1.807) is 12.1 Å². The maximum Gasteiger partial charge on any atom is 0.247 e. The summed E-state index contributed by atoms with van der Waals surface area (Å²) in [7, 11) is -0.792. The van der Waals surface area contributed by atoms with Crippen LogP contribution in [0.4, 0.5) is 0 Å². The van der Waals surface area contributed by atoms with Gasteiger partial charge in [0, 0.05) is 32.1 Å². The summed E-state index contributed by atoms with van der Waals surface area (Å²) >= 11 is 0. The Hall–Kier alpha value is -1.84. The average Bonchev–Trinajstić information content (AvgIpc) is 3.42. The lowest BCUT2D eigenvalue weighted by Crippen LogP contribution is -2.63. The van der Waals surface area contributed by atoms with E-state index in [1.807, 2.05) is 0 Å². The highest BCUT2D eigenvalue weighted by molar-refractivity contribution is 7.89. The third-order valence-electron chi connectivity index (χ3n) is 5.96. The lowest BCUT2D eigenvalue weighted by atomic mass is 9.87. The van der Waals surface area contributed by atoms with Gasteiger partial charge in [-0.05, 0) is 43.2 Å². The quantitative estimate of drug-likeness (QED) is 0.678. The smallest absolute Gasteiger partial charge is 0.247 e. The molecule has 1 spiro atoms. The fourth-order valence-corrected chi connectivity index (χ4v) is 5.86. The molecular weight excluding hydrogens is 396 g/mol. The van der Waals surface area contributed by atoms with Gasteiger partial charge in [0.1, 0.15) is 16.4 Å². The zero-order chi connectivity index (χ0) is 20.6. The van der Waals surface area contributed by atoms with Gasteiger partial charge in [-0.3, -0.25) is 4.79 Å². The number of hydrogen-bond donors (Lipinski definition) is 1. The second-order valence-corrected chi connectivity index (χ2v) is 10.2. The number of rotatable bonds is 8. The number of ether oxygens (including phenoxy) is 3. The first-order valence-electron chi connectivity index (χ1n) is 9.98. The maximum absolute atomic E-state index is 13.1. The zero-order valence-corrected chi connectivity index (χ0v) is 17.7. The molecule has 1 unspecified atom stereocenters. The first-order chi connectivity index (χ1) is 13.8. The molecule has 1 aromatic carbocycles. The molecule has 0 radical (unpaired) electrons. The van der Waals surface area contributed by atoms with E-state index < -0.39 is 15.6 Å². The Bertz CT molecular complexity index is 877. The van der Waals surface area contributed by atoms with E-state index in [0.717, 1.165) is 6.54 Å². The molecule has 29 heavy (non-hydrogen) atoms. The molecular formula is C20H28N2O6S. The average molecular weight is 425 g/mol. The number of nitrogens with one attached hydrogen (secondary N) is 1. The van der Waals surface area contributed by atoms with Gasteiger partial charge in [-0.2, -0.15) is 4.31 Å². The maximum atomic E-state index is 13.1. The van der Waals surface area contributed by atoms with Gasteiger partial charge in [-0.1, -0.05) is 0 Å². The topological polar surface area (TPSA) is 94.2 Å². The Kier molecular flexibility index (Phi) is 5.48. The highest BCUT2D eigenvalue weighted by Gasteiger charge is 2.54. The fourth-order valence-electron chi connectivity index (χ4n) is 4.10.